The molecular formula is C12H11Cl3N2O3. The SMILES string of the molecule is O=C(CCN1CCOC1=O)Nc1cc(Cl)c(Cl)cc1Cl. The van der Waals surface area contributed by atoms with Crippen molar-refractivity contribution in [3.05, 3.63) is 27.2 Å². The van der Waals surface area contributed by atoms with Gasteiger partial charge in [0.1, 0.15) is 6.61 Å². The van der Waals surface area contributed by atoms with Crippen LogP contribution in [-0.2, 0) is 9.53 Å². The molecule has 1 fully saturated rings. The van der Waals surface area contributed by atoms with Gasteiger partial charge in [-0.15, -0.1) is 0 Å². The van der Waals surface area contributed by atoms with Crippen LogP contribution >= 0.6 is 34.8 Å². The van der Waals surface area contributed by atoms with Gasteiger partial charge in [-0.1, -0.05) is 34.8 Å². The first-order valence-electron chi connectivity index (χ1n) is 5.83. The van der Waals surface area contributed by atoms with E-state index >= 15 is 0 Å². The first-order valence-corrected chi connectivity index (χ1v) is 6.97. The predicted molar refractivity (Wildman–Crippen MR) is 77.6 cm³/mol. The molecule has 0 radical (unpaired) electrons. The van der Waals surface area contributed by atoms with E-state index in [2.05, 4.69) is 5.32 Å². The summed E-state index contributed by atoms with van der Waals surface area (Å²) in [7, 11) is 0. The summed E-state index contributed by atoms with van der Waals surface area (Å²) < 4.78 is 4.77. The molecule has 0 unspecified atom stereocenters. The Morgan fingerprint density at radius 3 is 2.60 bits per heavy atom. The van der Waals surface area contributed by atoms with Crippen LogP contribution in [0.5, 0.6) is 0 Å². The number of benzene rings is 1. The number of rotatable bonds is 4. The standard InChI is InChI=1S/C12H11Cl3N2O3/c13-7-5-9(15)10(6-8(7)14)16-11(18)1-2-17-3-4-20-12(17)19/h5-6H,1-4H2,(H,16,18). The van der Waals surface area contributed by atoms with Gasteiger partial charge in [0.25, 0.3) is 0 Å². The van der Waals surface area contributed by atoms with Crippen LogP contribution in [0.25, 0.3) is 0 Å². The van der Waals surface area contributed by atoms with Gasteiger partial charge >= 0.3 is 6.09 Å². The van der Waals surface area contributed by atoms with Crippen LogP contribution in [-0.4, -0.2) is 36.6 Å². The lowest BCUT2D eigenvalue weighted by Gasteiger charge is -2.13. The first kappa shape index (κ1) is 15.2. The number of hydrogen-bond donors (Lipinski definition) is 1. The smallest absolute Gasteiger partial charge is 0.409 e. The Balaban J connectivity index is 1.91. The second-order valence-electron chi connectivity index (χ2n) is 4.15. The fraction of sp³-hybridized carbons (Fsp3) is 0.333. The van der Waals surface area contributed by atoms with E-state index < -0.39 is 6.09 Å². The lowest BCUT2D eigenvalue weighted by Crippen LogP contribution is -2.28. The van der Waals surface area contributed by atoms with Gasteiger partial charge < -0.3 is 15.0 Å². The zero-order valence-corrected chi connectivity index (χ0v) is 12.6. The van der Waals surface area contributed by atoms with Crippen molar-refractivity contribution in [1.29, 1.82) is 0 Å². The van der Waals surface area contributed by atoms with E-state index in [0.717, 1.165) is 0 Å². The van der Waals surface area contributed by atoms with E-state index in [9.17, 15) is 9.59 Å². The Morgan fingerprint density at radius 2 is 1.95 bits per heavy atom. The summed E-state index contributed by atoms with van der Waals surface area (Å²) in [6.45, 7) is 1.16. The lowest BCUT2D eigenvalue weighted by molar-refractivity contribution is -0.116. The van der Waals surface area contributed by atoms with Gasteiger partial charge in [0.05, 0.1) is 27.3 Å². The molecule has 108 valence electrons. The minimum Gasteiger partial charge on any atom is -0.448 e. The zero-order valence-electron chi connectivity index (χ0n) is 10.3. The number of halogens is 3. The van der Waals surface area contributed by atoms with Crippen LogP contribution in [0.2, 0.25) is 15.1 Å². The number of nitrogens with zero attached hydrogens (tertiary/aromatic N) is 1. The number of anilines is 1. The Kier molecular flexibility index (Phi) is 4.96. The van der Waals surface area contributed by atoms with E-state index in [1.807, 2.05) is 0 Å². The lowest BCUT2D eigenvalue weighted by atomic mass is 10.3. The number of cyclic esters (lactones) is 1. The third-order valence-corrected chi connectivity index (χ3v) is 3.77. The molecule has 1 heterocycles. The van der Waals surface area contributed by atoms with Crippen molar-refractivity contribution < 1.29 is 14.3 Å². The van der Waals surface area contributed by atoms with Gasteiger partial charge in [0.15, 0.2) is 0 Å². The Morgan fingerprint density at radius 1 is 1.25 bits per heavy atom. The number of amides is 2. The van der Waals surface area contributed by atoms with Gasteiger partial charge in [-0.3, -0.25) is 4.79 Å². The molecule has 0 aromatic heterocycles. The highest BCUT2D eigenvalue weighted by atomic mass is 35.5. The van der Waals surface area contributed by atoms with Crippen molar-refractivity contribution in [3.8, 4) is 0 Å². The van der Waals surface area contributed by atoms with Gasteiger partial charge in [0.2, 0.25) is 5.91 Å². The molecule has 1 aromatic rings. The predicted octanol–water partition coefficient (Wildman–Crippen LogP) is 3.43. The third-order valence-electron chi connectivity index (χ3n) is 2.74. The average Bonchev–Trinajstić information content (AvgIpc) is 2.79. The second-order valence-corrected chi connectivity index (χ2v) is 5.37. The fourth-order valence-electron chi connectivity index (χ4n) is 1.70. The van der Waals surface area contributed by atoms with Crippen molar-refractivity contribution >= 4 is 52.5 Å². The van der Waals surface area contributed by atoms with Crippen LogP contribution in [0.15, 0.2) is 12.1 Å². The molecule has 0 atom stereocenters. The second kappa shape index (κ2) is 6.52. The summed E-state index contributed by atoms with van der Waals surface area (Å²) in [6.07, 6.45) is -0.253. The fourth-order valence-corrected chi connectivity index (χ4v) is 2.29. The molecule has 8 heteroatoms. The van der Waals surface area contributed by atoms with E-state index in [-0.39, 0.29) is 12.3 Å². The number of hydrogen-bond acceptors (Lipinski definition) is 3. The minimum absolute atomic E-state index is 0.145. The highest BCUT2D eigenvalue weighted by molar-refractivity contribution is 6.44. The minimum atomic E-state index is -0.398. The summed E-state index contributed by atoms with van der Waals surface area (Å²) in [5, 5.41) is 3.54. The van der Waals surface area contributed by atoms with Crippen LogP contribution in [0.1, 0.15) is 6.42 Å². The monoisotopic (exact) mass is 336 g/mol. The van der Waals surface area contributed by atoms with Crippen LogP contribution in [0.4, 0.5) is 10.5 Å². The maximum absolute atomic E-state index is 11.8. The van der Waals surface area contributed by atoms with Crippen molar-refractivity contribution in [3.63, 3.8) is 0 Å². The molecule has 1 N–H and O–H groups in total. The molecule has 20 heavy (non-hydrogen) atoms. The average molecular weight is 338 g/mol. The molecule has 0 bridgehead atoms. The van der Waals surface area contributed by atoms with Gasteiger partial charge in [0, 0.05) is 13.0 Å². The quantitative estimate of drug-likeness (QED) is 0.856. The van der Waals surface area contributed by atoms with Crippen molar-refractivity contribution in [1.82, 2.24) is 4.90 Å². The molecule has 0 spiro atoms. The van der Waals surface area contributed by atoms with Crippen molar-refractivity contribution in [2.75, 3.05) is 25.0 Å². The number of carbonyl (C=O) groups is 2. The zero-order chi connectivity index (χ0) is 14.7. The van der Waals surface area contributed by atoms with E-state index in [4.69, 9.17) is 39.5 Å². The molecule has 1 aliphatic heterocycles. The van der Waals surface area contributed by atoms with Gasteiger partial charge in [-0.25, -0.2) is 4.79 Å². The highest BCUT2D eigenvalue weighted by Crippen LogP contribution is 2.32. The summed E-state index contributed by atoms with van der Waals surface area (Å²) in [5.74, 6) is -0.273. The molecule has 1 saturated heterocycles. The summed E-state index contributed by atoms with van der Waals surface area (Å²) in [4.78, 5) is 24.5. The van der Waals surface area contributed by atoms with E-state index in [1.165, 1.54) is 17.0 Å². The number of nitrogens with one attached hydrogen (secondary N) is 1. The largest absolute Gasteiger partial charge is 0.448 e. The maximum Gasteiger partial charge on any atom is 0.409 e. The maximum atomic E-state index is 11.8. The number of ether oxygens (including phenoxy) is 1. The molecule has 2 rings (SSSR count). The number of carbonyl (C=O) groups excluding carboxylic acids is 2. The molecule has 5 nitrogen and oxygen atoms in total. The van der Waals surface area contributed by atoms with Gasteiger partial charge in [-0.05, 0) is 12.1 Å². The molecule has 0 saturated carbocycles. The Labute approximate surface area is 130 Å². The highest BCUT2D eigenvalue weighted by Gasteiger charge is 2.22. The molecular weight excluding hydrogens is 327 g/mol. The topological polar surface area (TPSA) is 58.6 Å². The normalized spacial score (nSPS) is 14.3. The summed E-state index contributed by atoms with van der Waals surface area (Å²) >= 11 is 17.6. The van der Waals surface area contributed by atoms with E-state index in [0.29, 0.717) is 40.5 Å². The molecule has 1 aliphatic rings. The summed E-state index contributed by atoms with van der Waals surface area (Å²) in [6, 6.07) is 2.94. The Bertz CT molecular complexity index is 551. The first-order chi connectivity index (χ1) is 9.47. The van der Waals surface area contributed by atoms with Gasteiger partial charge in [-0.2, -0.15) is 0 Å². The van der Waals surface area contributed by atoms with Crippen LogP contribution in [0.3, 0.4) is 0 Å². The molecule has 2 amide bonds. The van der Waals surface area contributed by atoms with Crippen molar-refractivity contribution in [2.45, 2.75) is 6.42 Å². The third kappa shape index (κ3) is 3.69. The summed E-state index contributed by atoms with van der Waals surface area (Å²) in [5.41, 5.74) is 0.384. The van der Waals surface area contributed by atoms with Crippen LogP contribution < -0.4 is 5.32 Å². The molecule has 1 aromatic carbocycles. The van der Waals surface area contributed by atoms with E-state index in [1.54, 1.807) is 0 Å². The molecule has 0 aliphatic carbocycles. The van der Waals surface area contributed by atoms with Crippen molar-refractivity contribution in [2.24, 2.45) is 0 Å². The Hall–Kier alpha value is -1.17. The van der Waals surface area contributed by atoms with Crippen LogP contribution in [0, 0.1) is 0 Å².